The maximum Gasteiger partial charge on any atom is 0.128 e. The quantitative estimate of drug-likeness (QED) is 0.566. The Morgan fingerprint density at radius 3 is 2.82 bits per heavy atom. The highest BCUT2D eigenvalue weighted by molar-refractivity contribution is 6.30. The first-order valence-electron chi connectivity index (χ1n) is 3.11. The van der Waals surface area contributed by atoms with Crippen LogP contribution in [0.3, 0.4) is 0 Å². The van der Waals surface area contributed by atoms with Crippen LogP contribution in [0.5, 0.6) is 0 Å². The molecule has 0 fully saturated rings. The molecule has 0 atom stereocenters. The van der Waals surface area contributed by atoms with Gasteiger partial charge in [-0.05, 0) is 17.7 Å². The van der Waals surface area contributed by atoms with Gasteiger partial charge < -0.3 is 0 Å². The minimum absolute atomic E-state index is 0.309. The van der Waals surface area contributed by atoms with Crippen molar-refractivity contribution in [3.8, 4) is 12.3 Å². The Labute approximate surface area is 70.0 Å². The van der Waals surface area contributed by atoms with Crippen molar-refractivity contribution in [3.05, 3.63) is 34.6 Å². The molecule has 0 saturated carbocycles. The standard InChI is InChI=1S/C9H6ClF/c1-2-3-7-4-5-8(10)6-9(7)11/h1,4-6H,3H2. The molecule has 1 aromatic carbocycles. The van der Waals surface area contributed by atoms with Crippen LogP contribution >= 0.6 is 11.6 Å². The summed E-state index contributed by atoms with van der Waals surface area (Å²) in [4.78, 5) is 0. The lowest BCUT2D eigenvalue weighted by Crippen LogP contribution is -1.86. The molecule has 0 radical (unpaired) electrons. The van der Waals surface area contributed by atoms with Crippen molar-refractivity contribution >= 4 is 11.6 Å². The van der Waals surface area contributed by atoms with Gasteiger partial charge in [0.05, 0.1) is 0 Å². The number of terminal acetylenes is 1. The van der Waals surface area contributed by atoms with Gasteiger partial charge in [0.15, 0.2) is 0 Å². The zero-order chi connectivity index (χ0) is 8.27. The van der Waals surface area contributed by atoms with Crippen LogP contribution < -0.4 is 0 Å². The number of halogens is 2. The Balaban J connectivity index is 3.01. The second kappa shape index (κ2) is 3.41. The molecule has 2 heteroatoms. The van der Waals surface area contributed by atoms with E-state index in [1.54, 1.807) is 12.1 Å². The molecule has 0 spiro atoms. The van der Waals surface area contributed by atoms with Crippen molar-refractivity contribution in [1.29, 1.82) is 0 Å². The molecule has 11 heavy (non-hydrogen) atoms. The minimum Gasteiger partial charge on any atom is -0.207 e. The molecular formula is C9H6ClF. The fraction of sp³-hybridized carbons (Fsp3) is 0.111. The van der Waals surface area contributed by atoms with Gasteiger partial charge in [0, 0.05) is 11.4 Å². The molecule has 0 bridgehead atoms. The zero-order valence-electron chi connectivity index (χ0n) is 5.77. The minimum atomic E-state index is -0.338. The second-order valence-electron chi connectivity index (χ2n) is 2.12. The van der Waals surface area contributed by atoms with E-state index < -0.39 is 0 Å². The Bertz CT molecular complexity index is 299. The van der Waals surface area contributed by atoms with E-state index in [0.717, 1.165) is 0 Å². The first-order valence-corrected chi connectivity index (χ1v) is 3.49. The number of rotatable bonds is 1. The summed E-state index contributed by atoms with van der Waals surface area (Å²) in [5.74, 6) is 2.02. The normalized spacial score (nSPS) is 9.18. The van der Waals surface area contributed by atoms with E-state index in [4.69, 9.17) is 18.0 Å². The molecular weight excluding hydrogens is 163 g/mol. The predicted molar refractivity (Wildman–Crippen MR) is 43.9 cm³/mol. The molecule has 0 amide bonds. The lowest BCUT2D eigenvalue weighted by molar-refractivity contribution is 0.615. The average molecular weight is 169 g/mol. The largest absolute Gasteiger partial charge is 0.207 e. The van der Waals surface area contributed by atoms with Gasteiger partial charge >= 0.3 is 0 Å². The van der Waals surface area contributed by atoms with Gasteiger partial charge in [-0.15, -0.1) is 12.3 Å². The zero-order valence-corrected chi connectivity index (χ0v) is 6.53. The number of hydrogen-bond donors (Lipinski definition) is 0. The van der Waals surface area contributed by atoms with E-state index >= 15 is 0 Å². The van der Waals surface area contributed by atoms with E-state index in [9.17, 15) is 4.39 Å². The van der Waals surface area contributed by atoms with Crippen LogP contribution in [-0.4, -0.2) is 0 Å². The van der Waals surface area contributed by atoms with Crippen molar-refractivity contribution in [1.82, 2.24) is 0 Å². The van der Waals surface area contributed by atoms with Crippen LogP contribution in [0.25, 0.3) is 0 Å². The van der Waals surface area contributed by atoms with Gasteiger partial charge in [0.1, 0.15) is 5.82 Å². The molecule has 0 unspecified atom stereocenters. The van der Waals surface area contributed by atoms with Crippen molar-refractivity contribution in [2.24, 2.45) is 0 Å². The summed E-state index contributed by atoms with van der Waals surface area (Å²) in [6, 6.07) is 4.48. The third kappa shape index (κ3) is 1.96. The topological polar surface area (TPSA) is 0 Å². The average Bonchev–Trinajstić information content (AvgIpc) is 1.95. The van der Waals surface area contributed by atoms with Crippen LogP contribution in [0.2, 0.25) is 5.02 Å². The Morgan fingerprint density at radius 1 is 1.55 bits per heavy atom. The lowest BCUT2D eigenvalue weighted by atomic mass is 10.1. The van der Waals surface area contributed by atoms with Gasteiger partial charge in [-0.25, -0.2) is 4.39 Å². The Hall–Kier alpha value is -1.00. The summed E-state index contributed by atoms with van der Waals surface area (Å²) in [7, 11) is 0. The summed E-state index contributed by atoms with van der Waals surface area (Å²) < 4.78 is 12.9. The van der Waals surface area contributed by atoms with Crippen molar-refractivity contribution < 1.29 is 4.39 Å². The smallest absolute Gasteiger partial charge is 0.128 e. The van der Waals surface area contributed by atoms with Crippen LogP contribution in [0, 0.1) is 18.2 Å². The second-order valence-corrected chi connectivity index (χ2v) is 2.55. The fourth-order valence-corrected chi connectivity index (χ4v) is 0.934. The molecule has 1 aromatic rings. The molecule has 0 saturated heterocycles. The molecule has 1 rings (SSSR count). The van der Waals surface area contributed by atoms with Gasteiger partial charge in [-0.1, -0.05) is 17.7 Å². The highest BCUT2D eigenvalue weighted by Crippen LogP contribution is 2.14. The van der Waals surface area contributed by atoms with Gasteiger partial charge in [0.2, 0.25) is 0 Å². The maximum atomic E-state index is 12.9. The lowest BCUT2D eigenvalue weighted by Gasteiger charge is -1.97. The summed E-state index contributed by atoms with van der Waals surface area (Å²) in [5, 5.41) is 0.392. The first-order chi connectivity index (χ1) is 5.24. The van der Waals surface area contributed by atoms with Gasteiger partial charge in [0.25, 0.3) is 0 Å². The summed E-state index contributed by atoms with van der Waals surface area (Å²) >= 11 is 5.53. The van der Waals surface area contributed by atoms with E-state index in [-0.39, 0.29) is 5.82 Å². The molecule has 0 aromatic heterocycles. The third-order valence-corrected chi connectivity index (χ3v) is 1.54. The van der Waals surface area contributed by atoms with Gasteiger partial charge in [-0.2, -0.15) is 0 Å². The fourth-order valence-electron chi connectivity index (χ4n) is 0.775. The SMILES string of the molecule is C#CCc1ccc(Cl)cc1F. The monoisotopic (exact) mass is 168 g/mol. The molecule has 56 valence electrons. The molecule has 0 aliphatic rings. The summed E-state index contributed by atoms with van der Waals surface area (Å²) in [5.41, 5.74) is 0.511. The highest BCUT2D eigenvalue weighted by Gasteiger charge is 1.99. The van der Waals surface area contributed by atoms with Crippen molar-refractivity contribution in [3.63, 3.8) is 0 Å². The van der Waals surface area contributed by atoms with Crippen LogP contribution in [-0.2, 0) is 6.42 Å². The van der Waals surface area contributed by atoms with Crippen molar-refractivity contribution in [2.75, 3.05) is 0 Å². The number of hydrogen-bond acceptors (Lipinski definition) is 0. The third-order valence-electron chi connectivity index (χ3n) is 1.31. The summed E-state index contributed by atoms with van der Waals surface area (Å²) in [6.07, 6.45) is 5.33. The molecule has 0 heterocycles. The van der Waals surface area contributed by atoms with E-state index in [0.29, 0.717) is 17.0 Å². The van der Waals surface area contributed by atoms with Crippen LogP contribution in [0.4, 0.5) is 4.39 Å². The highest BCUT2D eigenvalue weighted by atomic mass is 35.5. The predicted octanol–water partition coefficient (Wildman–Crippen LogP) is 2.65. The molecule has 0 aliphatic heterocycles. The number of benzene rings is 1. The molecule has 0 aliphatic carbocycles. The van der Waals surface area contributed by atoms with Crippen LogP contribution in [0.1, 0.15) is 5.56 Å². The Kier molecular flexibility index (Phi) is 2.51. The van der Waals surface area contributed by atoms with E-state index in [1.165, 1.54) is 6.07 Å². The first kappa shape index (κ1) is 8.10. The summed E-state index contributed by atoms with van der Waals surface area (Å²) in [6.45, 7) is 0. The van der Waals surface area contributed by atoms with E-state index in [2.05, 4.69) is 5.92 Å². The Morgan fingerprint density at radius 2 is 2.27 bits per heavy atom. The van der Waals surface area contributed by atoms with E-state index in [1.807, 2.05) is 0 Å². The molecule has 0 nitrogen and oxygen atoms in total. The van der Waals surface area contributed by atoms with Gasteiger partial charge in [-0.3, -0.25) is 0 Å². The molecule has 0 N–H and O–H groups in total. The maximum absolute atomic E-state index is 12.9. The van der Waals surface area contributed by atoms with Crippen molar-refractivity contribution in [2.45, 2.75) is 6.42 Å². The van der Waals surface area contributed by atoms with Crippen LogP contribution in [0.15, 0.2) is 18.2 Å².